The molecule has 0 aliphatic heterocycles. The van der Waals surface area contributed by atoms with Crippen LogP contribution in [0.5, 0.6) is 0 Å². The molecule has 2 N–H and O–H groups in total. The monoisotopic (exact) mass is 254 g/mol. The maximum absolute atomic E-state index is 13.3. The minimum atomic E-state index is -0.572. The van der Waals surface area contributed by atoms with E-state index in [4.69, 9.17) is 5.11 Å². The number of aliphatic hydroxyl groups is 1. The van der Waals surface area contributed by atoms with Crippen LogP contribution in [0.25, 0.3) is 0 Å². The lowest BCUT2D eigenvalue weighted by Crippen LogP contribution is -2.40. The largest absolute Gasteiger partial charge is 0.392 e. The van der Waals surface area contributed by atoms with Gasteiger partial charge in [-0.1, -0.05) is 12.1 Å². The zero-order chi connectivity index (χ0) is 13.7. The fraction of sp³-hybridized carbons (Fsp3) is 0.462. The van der Waals surface area contributed by atoms with E-state index in [1.807, 2.05) is 0 Å². The average Bonchev–Trinajstić information content (AvgIpc) is 2.29. The van der Waals surface area contributed by atoms with E-state index in [1.54, 1.807) is 33.0 Å². The Labute approximate surface area is 106 Å². The van der Waals surface area contributed by atoms with Crippen molar-refractivity contribution >= 4 is 6.03 Å². The predicted molar refractivity (Wildman–Crippen MR) is 67.7 cm³/mol. The third-order valence-corrected chi connectivity index (χ3v) is 2.56. The number of carbonyl (C=O) groups is 1. The van der Waals surface area contributed by atoms with Gasteiger partial charge in [0.15, 0.2) is 0 Å². The summed E-state index contributed by atoms with van der Waals surface area (Å²) in [5.41, 5.74) is 1.29. The number of nitrogens with zero attached hydrogens (tertiary/aromatic N) is 1. The molecule has 18 heavy (non-hydrogen) atoms. The van der Waals surface area contributed by atoms with Gasteiger partial charge in [-0.15, -0.1) is 0 Å². The van der Waals surface area contributed by atoms with E-state index in [0.717, 1.165) is 0 Å². The van der Waals surface area contributed by atoms with Gasteiger partial charge in [-0.2, -0.15) is 0 Å². The highest BCUT2D eigenvalue weighted by Crippen LogP contribution is 2.08. The smallest absolute Gasteiger partial charge is 0.317 e. The van der Waals surface area contributed by atoms with Crippen molar-refractivity contribution in [3.63, 3.8) is 0 Å². The van der Waals surface area contributed by atoms with Crippen LogP contribution in [0, 0.1) is 12.7 Å². The Hall–Kier alpha value is -1.62. The second-order valence-electron chi connectivity index (χ2n) is 4.47. The molecule has 0 heterocycles. The Balaban J connectivity index is 2.49. The van der Waals surface area contributed by atoms with Gasteiger partial charge >= 0.3 is 6.03 Å². The summed E-state index contributed by atoms with van der Waals surface area (Å²) < 4.78 is 13.3. The zero-order valence-electron chi connectivity index (χ0n) is 10.9. The Bertz CT molecular complexity index is 421. The SMILES string of the molecule is Cc1ccc(CNC(=O)N(C)CC(C)O)cc1F. The van der Waals surface area contributed by atoms with Crippen LogP contribution < -0.4 is 5.32 Å². The van der Waals surface area contributed by atoms with E-state index in [9.17, 15) is 9.18 Å². The average molecular weight is 254 g/mol. The quantitative estimate of drug-likeness (QED) is 0.858. The fourth-order valence-corrected chi connectivity index (χ4v) is 1.54. The molecule has 0 saturated carbocycles. The van der Waals surface area contributed by atoms with E-state index in [-0.39, 0.29) is 24.9 Å². The third kappa shape index (κ3) is 4.33. The summed E-state index contributed by atoms with van der Waals surface area (Å²) in [6.07, 6.45) is -0.572. The van der Waals surface area contributed by atoms with Crippen LogP contribution in [0.4, 0.5) is 9.18 Å². The summed E-state index contributed by atoms with van der Waals surface area (Å²) in [5.74, 6) is -0.279. The van der Waals surface area contributed by atoms with Crippen LogP contribution in [-0.2, 0) is 6.54 Å². The number of aliphatic hydroxyl groups excluding tert-OH is 1. The summed E-state index contributed by atoms with van der Waals surface area (Å²) in [7, 11) is 1.60. The van der Waals surface area contributed by atoms with Gasteiger partial charge in [0.05, 0.1) is 6.10 Å². The van der Waals surface area contributed by atoms with Gasteiger partial charge in [-0.3, -0.25) is 0 Å². The van der Waals surface area contributed by atoms with Crippen molar-refractivity contribution in [3.05, 3.63) is 35.1 Å². The number of aryl methyl sites for hydroxylation is 1. The molecule has 1 aromatic rings. The van der Waals surface area contributed by atoms with Crippen molar-refractivity contribution in [2.45, 2.75) is 26.5 Å². The van der Waals surface area contributed by atoms with Crippen LogP contribution in [0.15, 0.2) is 18.2 Å². The molecule has 1 aromatic carbocycles. The van der Waals surface area contributed by atoms with E-state index in [2.05, 4.69) is 5.32 Å². The van der Waals surface area contributed by atoms with E-state index < -0.39 is 6.10 Å². The Kier molecular flexibility index (Phi) is 5.09. The lowest BCUT2D eigenvalue weighted by Gasteiger charge is -2.19. The summed E-state index contributed by atoms with van der Waals surface area (Å²) in [4.78, 5) is 13.0. The number of hydrogen-bond acceptors (Lipinski definition) is 2. The normalized spacial score (nSPS) is 12.1. The highest BCUT2D eigenvalue weighted by Gasteiger charge is 2.10. The Morgan fingerprint density at radius 2 is 2.22 bits per heavy atom. The number of urea groups is 1. The number of nitrogens with one attached hydrogen (secondary N) is 1. The van der Waals surface area contributed by atoms with Gasteiger partial charge in [0.1, 0.15) is 5.82 Å². The summed E-state index contributed by atoms with van der Waals surface area (Å²) in [6.45, 7) is 3.82. The molecule has 2 amide bonds. The molecule has 0 aliphatic rings. The second-order valence-corrected chi connectivity index (χ2v) is 4.47. The van der Waals surface area contributed by atoms with Crippen molar-refractivity contribution in [1.82, 2.24) is 10.2 Å². The third-order valence-electron chi connectivity index (χ3n) is 2.56. The van der Waals surface area contributed by atoms with Gasteiger partial charge in [0.25, 0.3) is 0 Å². The first-order chi connectivity index (χ1) is 8.40. The number of likely N-dealkylation sites (N-methyl/N-ethyl adjacent to an activating group) is 1. The minimum absolute atomic E-state index is 0.258. The van der Waals surface area contributed by atoms with Crippen LogP contribution in [-0.4, -0.2) is 35.7 Å². The van der Waals surface area contributed by atoms with Gasteiger partial charge in [-0.25, -0.2) is 9.18 Å². The Morgan fingerprint density at radius 1 is 1.56 bits per heavy atom. The highest BCUT2D eigenvalue weighted by molar-refractivity contribution is 5.73. The molecule has 0 radical (unpaired) electrons. The molecule has 0 fully saturated rings. The van der Waals surface area contributed by atoms with Crippen LogP contribution in [0.3, 0.4) is 0 Å². The molecule has 100 valence electrons. The first kappa shape index (κ1) is 14.4. The van der Waals surface area contributed by atoms with Crippen molar-refractivity contribution in [2.75, 3.05) is 13.6 Å². The summed E-state index contributed by atoms with van der Waals surface area (Å²) in [6, 6.07) is 4.56. The van der Waals surface area contributed by atoms with Crippen molar-refractivity contribution in [1.29, 1.82) is 0 Å². The predicted octanol–water partition coefficient (Wildman–Crippen LogP) is 1.66. The van der Waals surface area contributed by atoms with Crippen LogP contribution >= 0.6 is 0 Å². The molecule has 1 unspecified atom stereocenters. The number of carbonyl (C=O) groups excluding carboxylic acids is 1. The molecular weight excluding hydrogens is 235 g/mol. The van der Waals surface area contributed by atoms with E-state index in [0.29, 0.717) is 11.1 Å². The van der Waals surface area contributed by atoms with Crippen molar-refractivity contribution < 1.29 is 14.3 Å². The molecule has 0 saturated heterocycles. The molecule has 0 aromatic heterocycles. The maximum atomic E-state index is 13.3. The van der Waals surface area contributed by atoms with E-state index >= 15 is 0 Å². The molecule has 1 atom stereocenters. The lowest BCUT2D eigenvalue weighted by atomic mass is 10.1. The van der Waals surface area contributed by atoms with Crippen LogP contribution in [0.1, 0.15) is 18.1 Å². The molecule has 5 heteroatoms. The first-order valence-corrected chi connectivity index (χ1v) is 5.82. The van der Waals surface area contributed by atoms with Gasteiger partial charge in [0.2, 0.25) is 0 Å². The highest BCUT2D eigenvalue weighted by atomic mass is 19.1. The Morgan fingerprint density at radius 3 is 2.78 bits per heavy atom. The number of halogens is 1. The molecule has 0 bridgehead atoms. The van der Waals surface area contributed by atoms with E-state index in [1.165, 1.54) is 11.0 Å². The molecular formula is C13H19FN2O2. The molecule has 0 spiro atoms. The number of benzene rings is 1. The van der Waals surface area contributed by atoms with Gasteiger partial charge in [0, 0.05) is 20.1 Å². The summed E-state index contributed by atoms with van der Waals surface area (Å²) in [5, 5.41) is 11.8. The fourth-order valence-electron chi connectivity index (χ4n) is 1.54. The van der Waals surface area contributed by atoms with Crippen LogP contribution in [0.2, 0.25) is 0 Å². The molecule has 0 aliphatic carbocycles. The zero-order valence-corrected chi connectivity index (χ0v) is 10.9. The summed E-state index contributed by atoms with van der Waals surface area (Å²) >= 11 is 0. The number of hydrogen-bond donors (Lipinski definition) is 2. The second kappa shape index (κ2) is 6.35. The topological polar surface area (TPSA) is 52.6 Å². The van der Waals surface area contributed by atoms with Crippen molar-refractivity contribution in [2.24, 2.45) is 0 Å². The number of amides is 2. The first-order valence-electron chi connectivity index (χ1n) is 5.82. The van der Waals surface area contributed by atoms with Crippen molar-refractivity contribution in [3.8, 4) is 0 Å². The number of rotatable bonds is 4. The lowest BCUT2D eigenvalue weighted by molar-refractivity contribution is 0.143. The van der Waals surface area contributed by atoms with Gasteiger partial charge in [-0.05, 0) is 31.0 Å². The standard InChI is InChI=1S/C13H19FN2O2/c1-9-4-5-11(6-12(9)14)7-15-13(18)16(3)8-10(2)17/h4-6,10,17H,7-8H2,1-3H3,(H,15,18). The molecule has 4 nitrogen and oxygen atoms in total. The molecule has 1 rings (SSSR count). The van der Waals surface area contributed by atoms with Gasteiger partial charge < -0.3 is 15.3 Å². The minimum Gasteiger partial charge on any atom is -0.392 e. The maximum Gasteiger partial charge on any atom is 0.317 e.